The summed E-state index contributed by atoms with van der Waals surface area (Å²) in [6, 6.07) is 0. The zero-order valence-electron chi connectivity index (χ0n) is 9.00. The molecule has 92 valence electrons. The molecule has 0 aromatic rings. The average Bonchev–Trinajstić information content (AvgIpc) is 2.19. The van der Waals surface area contributed by atoms with Gasteiger partial charge in [-0.2, -0.15) is 13.2 Å². The lowest BCUT2D eigenvalue weighted by Crippen LogP contribution is -2.33. The van der Waals surface area contributed by atoms with Gasteiger partial charge >= 0.3 is 6.18 Å². The van der Waals surface area contributed by atoms with E-state index in [0.717, 1.165) is 6.26 Å². The van der Waals surface area contributed by atoms with E-state index in [-0.39, 0.29) is 17.9 Å². The monoisotopic (exact) mass is 238 g/mol. The van der Waals surface area contributed by atoms with E-state index in [1.165, 1.54) is 0 Å². The zero-order chi connectivity index (χ0) is 12.3. The lowest BCUT2D eigenvalue weighted by atomic mass is 9.96. The Morgan fingerprint density at radius 2 is 2.25 bits per heavy atom. The molecular formula is C10H13F3O3. The number of Topliss-reactive ketones (excluding diaryl/α,β-unsaturated/α-hetero) is 1. The normalized spacial score (nSPS) is 25.9. The first-order chi connectivity index (χ1) is 7.36. The molecule has 2 atom stereocenters. The summed E-state index contributed by atoms with van der Waals surface area (Å²) in [5.74, 6) is -2.11. The van der Waals surface area contributed by atoms with Crippen LogP contribution in [-0.4, -0.2) is 24.9 Å². The molecule has 3 nitrogen and oxygen atoms in total. The first-order valence-electron chi connectivity index (χ1n) is 4.94. The van der Waals surface area contributed by atoms with Gasteiger partial charge in [0.05, 0.1) is 6.26 Å². The Morgan fingerprint density at radius 1 is 1.62 bits per heavy atom. The van der Waals surface area contributed by atoms with Gasteiger partial charge in [0.1, 0.15) is 0 Å². The molecule has 0 radical (unpaired) electrons. The van der Waals surface area contributed by atoms with Crippen LogP contribution in [0, 0.1) is 5.92 Å². The topological polar surface area (TPSA) is 35.5 Å². The molecule has 1 heterocycles. The number of ketones is 1. The van der Waals surface area contributed by atoms with Crippen molar-refractivity contribution in [2.75, 3.05) is 6.61 Å². The minimum absolute atomic E-state index is 0.0169. The third kappa shape index (κ3) is 2.98. The third-order valence-corrected chi connectivity index (χ3v) is 2.23. The summed E-state index contributed by atoms with van der Waals surface area (Å²) in [6.45, 7) is 3.85. The SMILES string of the molecule is CCOC1OC=C(C(=O)C(F)(F)F)CC1C. The van der Waals surface area contributed by atoms with E-state index in [4.69, 9.17) is 9.47 Å². The molecule has 0 saturated heterocycles. The Bertz CT molecular complexity index is 296. The van der Waals surface area contributed by atoms with Crippen molar-refractivity contribution >= 4 is 5.78 Å². The molecule has 2 unspecified atom stereocenters. The molecule has 1 rings (SSSR count). The predicted molar refractivity (Wildman–Crippen MR) is 49.4 cm³/mol. The van der Waals surface area contributed by atoms with E-state index < -0.39 is 18.2 Å². The number of carbonyl (C=O) groups excluding carboxylic acids is 1. The van der Waals surface area contributed by atoms with Crippen molar-refractivity contribution in [3.63, 3.8) is 0 Å². The number of alkyl halides is 3. The summed E-state index contributed by atoms with van der Waals surface area (Å²) in [6.07, 6.45) is -4.54. The van der Waals surface area contributed by atoms with Gasteiger partial charge in [-0.05, 0) is 13.3 Å². The minimum Gasteiger partial charge on any atom is -0.472 e. The fraction of sp³-hybridized carbons (Fsp3) is 0.700. The number of hydrogen-bond donors (Lipinski definition) is 0. The summed E-state index contributed by atoms with van der Waals surface area (Å²) in [5.41, 5.74) is -0.351. The van der Waals surface area contributed by atoms with Crippen LogP contribution in [0.15, 0.2) is 11.8 Å². The van der Waals surface area contributed by atoms with Gasteiger partial charge in [0.15, 0.2) is 0 Å². The minimum atomic E-state index is -4.84. The summed E-state index contributed by atoms with van der Waals surface area (Å²) in [5, 5.41) is 0. The van der Waals surface area contributed by atoms with E-state index in [2.05, 4.69) is 0 Å². The second-order valence-corrected chi connectivity index (χ2v) is 3.61. The molecule has 1 aliphatic heterocycles. The van der Waals surface area contributed by atoms with Gasteiger partial charge in [-0.15, -0.1) is 0 Å². The van der Waals surface area contributed by atoms with Crippen LogP contribution in [0.2, 0.25) is 0 Å². The maximum atomic E-state index is 12.1. The second kappa shape index (κ2) is 4.86. The van der Waals surface area contributed by atoms with Crippen LogP contribution in [0.1, 0.15) is 20.3 Å². The van der Waals surface area contributed by atoms with Gasteiger partial charge < -0.3 is 9.47 Å². The molecule has 0 aromatic carbocycles. The summed E-state index contributed by atoms with van der Waals surface area (Å²) in [4.78, 5) is 10.9. The first-order valence-corrected chi connectivity index (χ1v) is 4.94. The molecule has 0 aromatic heterocycles. The van der Waals surface area contributed by atoms with Gasteiger partial charge in [0.25, 0.3) is 5.78 Å². The van der Waals surface area contributed by atoms with Crippen LogP contribution in [0.5, 0.6) is 0 Å². The highest BCUT2D eigenvalue weighted by atomic mass is 19.4. The second-order valence-electron chi connectivity index (χ2n) is 3.61. The molecule has 0 saturated carbocycles. The van der Waals surface area contributed by atoms with Crippen molar-refractivity contribution in [1.82, 2.24) is 0 Å². The van der Waals surface area contributed by atoms with Crippen LogP contribution < -0.4 is 0 Å². The van der Waals surface area contributed by atoms with Crippen molar-refractivity contribution in [3.05, 3.63) is 11.8 Å². The number of rotatable bonds is 3. The van der Waals surface area contributed by atoms with Gasteiger partial charge in [0, 0.05) is 18.1 Å². The van der Waals surface area contributed by atoms with Crippen LogP contribution in [0.25, 0.3) is 0 Å². The number of halogens is 3. The maximum absolute atomic E-state index is 12.1. The third-order valence-electron chi connectivity index (χ3n) is 2.23. The summed E-state index contributed by atoms with van der Waals surface area (Å²) >= 11 is 0. The zero-order valence-corrected chi connectivity index (χ0v) is 9.00. The number of hydrogen-bond acceptors (Lipinski definition) is 3. The lowest BCUT2D eigenvalue weighted by Gasteiger charge is -2.28. The molecule has 0 spiro atoms. The van der Waals surface area contributed by atoms with E-state index >= 15 is 0 Å². The molecule has 16 heavy (non-hydrogen) atoms. The number of allylic oxidation sites excluding steroid dienone is 1. The molecule has 6 heteroatoms. The molecule has 1 aliphatic rings. The first kappa shape index (κ1) is 13.0. The van der Waals surface area contributed by atoms with E-state index in [1.54, 1.807) is 13.8 Å². The van der Waals surface area contributed by atoms with Crippen molar-refractivity contribution in [1.29, 1.82) is 0 Å². The average molecular weight is 238 g/mol. The van der Waals surface area contributed by atoms with E-state index in [1.807, 2.05) is 0 Å². The van der Waals surface area contributed by atoms with Crippen molar-refractivity contribution in [2.24, 2.45) is 5.92 Å². The lowest BCUT2D eigenvalue weighted by molar-refractivity contribution is -0.170. The fourth-order valence-corrected chi connectivity index (χ4v) is 1.47. The van der Waals surface area contributed by atoms with Gasteiger partial charge in [-0.1, -0.05) is 6.92 Å². The standard InChI is InChI=1S/C10H13F3O3/c1-3-15-9-6(2)4-7(5-16-9)8(14)10(11,12)13/h5-6,9H,3-4H2,1-2H3. The Balaban J connectivity index is 2.70. The Hall–Kier alpha value is -1.04. The van der Waals surface area contributed by atoms with Crippen molar-refractivity contribution in [3.8, 4) is 0 Å². The molecule has 0 aliphatic carbocycles. The summed E-state index contributed by atoms with van der Waals surface area (Å²) < 4.78 is 46.5. The Kier molecular flexibility index (Phi) is 3.96. The van der Waals surface area contributed by atoms with Crippen LogP contribution in [0.3, 0.4) is 0 Å². The highest BCUT2D eigenvalue weighted by molar-refractivity contribution is 5.99. The van der Waals surface area contributed by atoms with Gasteiger partial charge in [0.2, 0.25) is 6.29 Å². The number of carbonyl (C=O) groups is 1. The van der Waals surface area contributed by atoms with Gasteiger partial charge in [-0.25, -0.2) is 0 Å². The van der Waals surface area contributed by atoms with Crippen molar-refractivity contribution < 1.29 is 27.4 Å². The summed E-state index contributed by atoms with van der Waals surface area (Å²) in [7, 11) is 0. The fourth-order valence-electron chi connectivity index (χ4n) is 1.47. The van der Waals surface area contributed by atoms with Crippen LogP contribution in [0.4, 0.5) is 13.2 Å². The largest absolute Gasteiger partial charge is 0.472 e. The van der Waals surface area contributed by atoms with E-state index in [9.17, 15) is 18.0 Å². The van der Waals surface area contributed by atoms with E-state index in [0.29, 0.717) is 6.61 Å². The number of ether oxygens (including phenoxy) is 2. The Morgan fingerprint density at radius 3 is 2.69 bits per heavy atom. The predicted octanol–water partition coefficient (Wildman–Crippen LogP) is 2.42. The molecule has 0 N–H and O–H groups in total. The Labute approximate surface area is 91.2 Å². The maximum Gasteiger partial charge on any atom is 0.454 e. The molecule has 0 fully saturated rings. The highest BCUT2D eigenvalue weighted by Gasteiger charge is 2.42. The quantitative estimate of drug-likeness (QED) is 0.757. The van der Waals surface area contributed by atoms with Crippen LogP contribution in [-0.2, 0) is 14.3 Å². The molecule has 0 amide bonds. The van der Waals surface area contributed by atoms with Crippen molar-refractivity contribution in [2.45, 2.75) is 32.7 Å². The highest BCUT2D eigenvalue weighted by Crippen LogP contribution is 2.30. The molecule has 0 bridgehead atoms. The van der Waals surface area contributed by atoms with Crippen LogP contribution >= 0.6 is 0 Å². The smallest absolute Gasteiger partial charge is 0.454 e. The van der Waals surface area contributed by atoms with Gasteiger partial charge in [-0.3, -0.25) is 4.79 Å². The molecular weight excluding hydrogens is 225 g/mol.